The second-order valence-corrected chi connectivity index (χ2v) is 4.30. The quantitative estimate of drug-likeness (QED) is 0.647. The number of nitrogens with one attached hydrogen (secondary N) is 1. The predicted molar refractivity (Wildman–Crippen MR) is 53.0 cm³/mol. The average molecular weight is 219 g/mol. The molecule has 0 aromatic rings. The Labute approximate surface area is 86.2 Å². The van der Waals surface area contributed by atoms with E-state index in [1.165, 1.54) is 6.92 Å². The molecule has 0 aromatic heterocycles. The lowest BCUT2D eigenvalue weighted by Gasteiger charge is -2.09. The van der Waals surface area contributed by atoms with Gasteiger partial charge in [-0.25, -0.2) is 0 Å². The first kappa shape index (κ1) is 13.0. The Balaban J connectivity index is 3.71. The van der Waals surface area contributed by atoms with Crippen molar-refractivity contribution >= 4 is 28.8 Å². The van der Waals surface area contributed by atoms with Crippen molar-refractivity contribution in [3.63, 3.8) is 0 Å². The molecule has 0 aliphatic rings. The number of hydrogen-bond donors (Lipinski definition) is 2. The van der Waals surface area contributed by atoms with Crippen LogP contribution in [-0.4, -0.2) is 33.9 Å². The maximum atomic E-state index is 11.0. The summed E-state index contributed by atoms with van der Waals surface area (Å²) in [6, 6.07) is 0. The number of carbonyl (C=O) groups is 3. The van der Waals surface area contributed by atoms with Gasteiger partial charge in [-0.15, -0.1) is 0 Å². The van der Waals surface area contributed by atoms with E-state index in [-0.39, 0.29) is 11.2 Å². The lowest BCUT2D eigenvalue weighted by Crippen LogP contribution is -2.27. The van der Waals surface area contributed by atoms with Crippen molar-refractivity contribution in [2.45, 2.75) is 25.5 Å². The van der Waals surface area contributed by atoms with Gasteiger partial charge in [0, 0.05) is 18.7 Å². The van der Waals surface area contributed by atoms with Gasteiger partial charge in [0.25, 0.3) is 0 Å². The Morgan fingerprint density at radius 3 is 2.43 bits per heavy atom. The molecule has 2 N–H and O–H groups in total. The number of hydrogen-bond acceptors (Lipinski definition) is 4. The third-order valence-corrected chi connectivity index (χ3v) is 2.24. The lowest BCUT2D eigenvalue weighted by molar-refractivity contribution is -0.138. The van der Waals surface area contributed by atoms with Gasteiger partial charge in [-0.1, -0.05) is 18.7 Å². The fourth-order valence-corrected chi connectivity index (χ4v) is 1.54. The van der Waals surface area contributed by atoms with E-state index in [1.807, 2.05) is 0 Å². The number of amides is 1. The van der Waals surface area contributed by atoms with Crippen molar-refractivity contribution in [2.24, 2.45) is 0 Å². The number of rotatable bonds is 5. The minimum atomic E-state index is -1.13. The van der Waals surface area contributed by atoms with Crippen molar-refractivity contribution in [1.82, 2.24) is 5.32 Å². The topological polar surface area (TPSA) is 83.5 Å². The van der Waals surface area contributed by atoms with Crippen LogP contribution in [0.15, 0.2) is 0 Å². The number of carboxylic acid groups (broad SMARTS) is 1. The van der Waals surface area contributed by atoms with Crippen LogP contribution in [0.1, 0.15) is 20.3 Å². The molecule has 0 aromatic carbocycles. The van der Waals surface area contributed by atoms with Crippen molar-refractivity contribution in [3.05, 3.63) is 0 Å². The summed E-state index contributed by atoms with van der Waals surface area (Å²) in [5.41, 5.74) is 0. The molecule has 0 bridgehead atoms. The average Bonchev–Trinajstić information content (AvgIpc) is 1.98. The van der Waals surface area contributed by atoms with Crippen LogP contribution in [0.25, 0.3) is 0 Å². The lowest BCUT2D eigenvalue weighted by atomic mass is 10.4. The Bertz CT molecular complexity index is 241. The highest BCUT2D eigenvalue weighted by Crippen LogP contribution is 2.12. The Morgan fingerprint density at radius 2 is 2.00 bits per heavy atom. The fraction of sp³-hybridized carbons (Fsp3) is 0.625. The van der Waals surface area contributed by atoms with E-state index in [2.05, 4.69) is 5.32 Å². The summed E-state index contributed by atoms with van der Waals surface area (Å²) in [5.74, 6) is -1.29. The molecule has 80 valence electrons. The monoisotopic (exact) mass is 219 g/mol. The van der Waals surface area contributed by atoms with E-state index < -0.39 is 17.5 Å². The molecule has 14 heavy (non-hydrogen) atoms. The van der Waals surface area contributed by atoms with E-state index in [9.17, 15) is 14.4 Å². The van der Waals surface area contributed by atoms with Gasteiger partial charge in [0.15, 0.2) is 5.12 Å². The van der Waals surface area contributed by atoms with E-state index in [0.717, 1.165) is 11.8 Å². The highest BCUT2D eigenvalue weighted by molar-refractivity contribution is 8.14. The molecular weight excluding hydrogens is 206 g/mol. The van der Waals surface area contributed by atoms with Crippen molar-refractivity contribution in [2.75, 3.05) is 6.54 Å². The van der Waals surface area contributed by atoms with E-state index in [4.69, 9.17) is 5.11 Å². The summed E-state index contributed by atoms with van der Waals surface area (Å²) in [6.07, 6.45) is -0.477. The first-order valence-electron chi connectivity index (χ1n) is 4.07. The molecule has 0 saturated heterocycles. The van der Waals surface area contributed by atoms with Crippen LogP contribution in [0, 0.1) is 0 Å². The van der Waals surface area contributed by atoms with Crippen LogP contribution in [0.5, 0.6) is 0 Å². The molecule has 0 aliphatic heterocycles. The zero-order chi connectivity index (χ0) is 11.1. The molecule has 1 amide bonds. The van der Waals surface area contributed by atoms with Gasteiger partial charge in [0.1, 0.15) is 6.42 Å². The fourth-order valence-electron chi connectivity index (χ4n) is 0.719. The van der Waals surface area contributed by atoms with Crippen LogP contribution in [0.2, 0.25) is 0 Å². The molecule has 1 unspecified atom stereocenters. The minimum absolute atomic E-state index is 0.106. The Hall–Kier alpha value is -1.04. The van der Waals surface area contributed by atoms with E-state index >= 15 is 0 Å². The summed E-state index contributed by atoms with van der Waals surface area (Å²) < 4.78 is 0. The minimum Gasteiger partial charge on any atom is -0.481 e. The summed E-state index contributed by atoms with van der Waals surface area (Å²) in [6.45, 7) is 3.50. The third-order valence-electron chi connectivity index (χ3n) is 1.27. The van der Waals surface area contributed by atoms with Gasteiger partial charge >= 0.3 is 5.97 Å². The number of aliphatic carboxylic acids is 1. The van der Waals surface area contributed by atoms with Crippen LogP contribution < -0.4 is 5.32 Å². The Kier molecular flexibility index (Phi) is 5.94. The number of carboxylic acids is 1. The van der Waals surface area contributed by atoms with Crippen LogP contribution in [0.3, 0.4) is 0 Å². The van der Waals surface area contributed by atoms with Crippen molar-refractivity contribution in [1.29, 1.82) is 0 Å². The molecule has 0 radical (unpaired) electrons. The maximum Gasteiger partial charge on any atom is 0.311 e. The van der Waals surface area contributed by atoms with E-state index in [0.29, 0.717) is 6.54 Å². The summed E-state index contributed by atoms with van der Waals surface area (Å²) in [5, 5.41) is 10.4. The first-order chi connectivity index (χ1) is 6.41. The number of thioether (sulfide) groups is 1. The standard InChI is InChI=1S/C8H13NO4S/c1-5(4-9-6(2)10)14-8(13)3-7(11)12/h5H,3-4H2,1-2H3,(H,9,10)(H,11,12). The summed E-state index contributed by atoms with van der Waals surface area (Å²) >= 11 is 0.935. The summed E-state index contributed by atoms with van der Waals surface area (Å²) in [7, 11) is 0. The molecule has 0 spiro atoms. The maximum absolute atomic E-state index is 11.0. The SMILES string of the molecule is CC(=O)NCC(C)SC(=O)CC(=O)O. The first-order valence-corrected chi connectivity index (χ1v) is 4.95. The van der Waals surface area contributed by atoms with Crippen molar-refractivity contribution < 1.29 is 19.5 Å². The van der Waals surface area contributed by atoms with Gasteiger partial charge in [-0.2, -0.15) is 0 Å². The highest BCUT2D eigenvalue weighted by atomic mass is 32.2. The smallest absolute Gasteiger partial charge is 0.311 e. The largest absolute Gasteiger partial charge is 0.481 e. The molecule has 0 rings (SSSR count). The van der Waals surface area contributed by atoms with Gasteiger partial charge in [-0.05, 0) is 0 Å². The third kappa shape index (κ3) is 7.60. The molecule has 5 nitrogen and oxygen atoms in total. The molecule has 6 heteroatoms. The zero-order valence-corrected chi connectivity index (χ0v) is 8.89. The van der Waals surface area contributed by atoms with Crippen LogP contribution in [-0.2, 0) is 14.4 Å². The Morgan fingerprint density at radius 1 is 1.43 bits per heavy atom. The van der Waals surface area contributed by atoms with Gasteiger partial charge in [0.2, 0.25) is 5.91 Å². The molecule has 0 fully saturated rings. The molecule has 0 aliphatic carbocycles. The second-order valence-electron chi connectivity index (χ2n) is 2.81. The van der Waals surface area contributed by atoms with Crippen LogP contribution in [0.4, 0.5) is 0 Å². The van der Waals surface area contributed by atoms with Gasteiger partial charge in [-0.3, -0.25) is 14.4 Å². The summed E-state index contributed by atoms with van der Waals surface area (Å²) in [4.78, 5) is 31.6. The second kappa shape index (κ2) is 6.42. The number of carbonyl (C=O) groups excluding carboxylic acids is 2. The molecular formula is C8H13NO4S. The normalized spacial score (nSPS) is 11.9. The van der Waals surface area contributed by atoms with E-state index in [1.54, 1.807) is 6.92 Å². The molecule has 0 saturated carbocycles. The predicted octanol–water partition coefficient (Wildman–Crippen LogP) is 0.245. The van der Waals surface area contributed by atoms with Crippen molar-refractivity contribution in [3.8, 4) is 0 Å². The molecule has 0 heterocycles. The van der Waals surface area contributed by atoms with Gasteiger partial charge in [0.05, 0.1) is 0 Å². The van der Waals surface area contributed by atoms with Crippen LogP contribution >= 0.6 is 11.8 Å². The highest BCUT2D eigenvalue weighted by Gasteiger charge is 2.13. The zero-order valence-electron chi connectivity index (χ0n) is 8.07. The van der Waals surface area contributed by atoms with Gasteiger partial charge < -0.3 is 10.4 Å². The molecule has 1 atom stereocenters.